The highest BCUT2D eigenvalue weighted by atomic mass is 127. The van der Waals surface area contributed by atoms with Crippen molar-refractivity contribution in [2.24, 2.45) is 4.99 Å². The largest absolute Gasteiger partial charge is 0.355 e. The predicted octanol–water partition coefficient (Wildman–Crippen LogP) is 2.98. The average Bonchev–Trinajstić information content (AvgIpc) is 2.76. The predicted molar refractivity (Wildman–Crippen MR) is 139 cm³/mol. The standard InChI is InChI=1S/C23H46N6.HI/c1-22(2,28-13-7-5-8-14-28)19-25-21(24-3)26-20-23(11-17-27(4)18-12-23)29-15-9-6-10-16-29;/h5-20H2,1-4H3,(H2,24,25,26);1H. The molecule has 0 aromatic rings. The highest BCUT2D eigenvalue weighted by molar-refractivity contribution is 14.0. The van der Waals surface area contributed by atoms with Crippen LogP contribution in [0.25, 0.3) is 0 Å². The fourth-order valence-corrected chi connectivity index (χ4v) is 5.39. The Morgan fingerprint density at radius 2 is 1.43 bits per heavy atom. The van der Waals surface area contributed by atoms with E-state index >= 15 is 0 Å². The molecule has 0 bridgehead atoms. The molecule has 3 fully saturated rings. The zero-order valence-corrected chi connectivity index (χ0v) is 22.3. The summed E-state index contributed by atoms with van der Waals surface area (Å²) in [6.45, 7) is 14.1. The van der Waals surface area contributed by atoms with E-state index in [1.807, 2.05) is 7.05 Å². The summed E-state index contributed by atoms with van der Waals surface area (Å²) in [6, 6.07) is 0. The number of rotatable bonds is 6. The van der Waals surface area contributed by atoms with Gasteiger partial charge in [-0.15, -0.1) is 24.0 Å². The van der Waals surface area contributed by atoms with Crippen LogP contribution >= 0.6 is 24.0 Å². The molecule has 6 nitrogen and oxygen atoms in total. The van der Waals surface area contributed by atoms with E-state index in [9.17, 15) is 0 Å². The molecule has 30 heavy (non-hydrogen) atoms. The van der Waals surface area contributed by atoms with Gasteiger partial charge in [-0.3, -0.25) is 14.8 Å². The first-order valence-electron chi connectivity index (χ1n) is 12.1. The van der Waals surface area contributed by atoms with Crippen LogP contribution in [0.1, 0.15) is 65.2 Å². The molecule has 0 amide bonds. The number of nitrogens with zero attached hydrogens (tertiary/aromatic N) is 4. The Morgan fingerprint density at radius 1 is 0.867 bits per heavy atom. The monoisotopic (exact) mass is 534 g/mol. The van der Waals surface area contributed by atoms with Crippen molar-refractivity contribution >= 4 is 29.9 Å². The molecule has 0 spiro atoms. The average molecular weight is 535 g/mol. The fraction of sp³-hybridized carbons (Fsp3) is 0.957. The second-order valence-corrected chi connectivity index (χ2v) is 10.2. The van der Waals surface area contributed by atoms with E-state index in [0.29, 0.717) is 0 Å². The first-order chi connectivity index (χ1) is 14.0. The van der Waals surface area contributed by atoms with Crippen molar-refractivity contribution in [3.05, 3.63) is 0 Å². The zero-order chi connectivity index (χ0) is 20.7. The third-order valence-electron chi connectivity index (χ3n) is 7.65. The summed E-state index contributed by atoms with van der Waals surface area (Å²) in [5.41, 5.74) is 0.448. The Bertz CT molecular complexity index is 518. The molecule has 0 aromatic carbocycles. The van der Waals surface area contributed by atoms with Crippen LogP contribution in [-0.4, -0.2) is 98.2 Å². The van der Waals surface area contributed by atoms with Gasteiger partial charge in [0.1, 0.15) is 0 Å². The first kappa shape index (κ1) is 26.1. The molecule has 3 saturated heterocycles. The molecular formula is C23H47IN6. The summed E-state index contributed by atoms with van der Waals surface area (Å²) in [6.07, 6.45) is 10.7. The molecular weight excluding hydrogens is 487 g/mol. The second-order valence-electron chi connectivity index (χ2n) is 10.2. The maximum atomic E-state index is 4.56. The fourth-order valence-electron chi connectivity index (χ4n) is 5.39. The molecule has 0 radical (unpaired) electrons. The highest BCUT2D eigenvalue weighted by Gasteiger charge is 2.39. The van der Waals surface area contributed by atoms with Crippen molar-refractivity contribution in [3.63, 3.8) is 0 Å². The molecule has 0 saturated carbocycles. The molecule has 3 heterocycles. The van der Waals surface area contributed by atoms with Crippen LogP contribution in [0.15, 0.2) is 4.99 Å². The number of halogens is 1. The maximum Gasteiger partial charge on any atom is 0.191 e. The third kappa shape index (κ3) is 6.94. The molecule has 176 valence electrons. The van der Waals surface area contributed by atoms with E-state index in [2.05, 4.69) is 51.2 Å². The minimum atomic E-state index is 0. The maximum absolute atomic E-state index is 4.56. The summed E-state index contributed by atoms with van der Waals surface area (Å²) < 4.78 is 0. The van der Waals surface area contributed by atoms with E-state index in [1.165, 1.54) is 90.6 Å². The van der Waals surface area contributed by atoms with E-state index in [1.54, 1.807) is 0 Å². The zero-order valence-electron chi connectivity index (χ0n) is 20.0. The Kier molecular flexibility index (Phi) is 10.6. The van der Waals surface area contributed by atoms with Gasteiger partial charge in [0.25, 0.3) is 0 Å². The van der Waals surface area contributed by atoms with Gasteiger partial charge in [-0.05, 0) is 98.7 Å². The van der Waals surface area contributed by atoms with Gasteiger partial charge in [-0.25, -0.2) is 0 Å². The highest BCUT2D eigenvalue weighted by Crippen LogP contribution is 2.30. The van der Waals surface area contributed by atoms with Gasteiger partial charge < -0.3 is 15.5 Å². The topological polar surface area (TPSA) is 46.1 Å². The quantitative estimate of drug-likeness (QED) is 0.312. The van der Waals surface area contributed by atoms with Gasteiger partial charge >= 0.3 is 0 Å². The molecule has 2 N–H and O–H groups in total. The van der Waals surface area contributed by atoms with Crippen LogP contribution in [0, 0.1) is 0 Å². The molecule has 0 aliphatic carbocycles. The third-order valence-corrected chi connectivity index (χ3v) is 7.65. The lowest BCUT2D eigenvalue weighted by Gasteiger charge is -2.50. The molecule has 7 heteroatoms. The summed E-state index contributed by atoms with van der Waals surface area (Å²) in [5, 5.41) is 7.37. The van der Waals surface area contributed by atoms with Crippen molar-refractivity contribution in [2.75, 3.05) is 66.5 Å². The van der Waals surface area contributed by atoms with Crippen molar-refractivity contribution in [3.8, 4) is 0 Å². The summed E-state index contributed by atoms with van der Waals surface area (Å²) in [5.74, 6) is 0.963. The Balaban J connectivity index is 0.00000320. The first-order valence-corrected chi connectivity index (χ1v) is 12.1. The number of guanidine groups is 1. The molecule has 0 unspecified atom stereocenters. The normalized spacial score (nSPS) is 24.9. The Morgan fingerprint density at radius 3 is 2.00 bits per heavy atom. The second kappa shape index (κ2) is 12.2. The van der Waals surface area contributed by atoms with Crippen LogP contribution in [-0.2, 0) is 0 Å². The van der Waals surface area contributed by atoms with Gasteiger partial charge in [0, 0.05) is 31.2 Å². The van der Waals surface area contributed by atoms with E-state index in [-0.39, 0.29) is 35.1 Å². The van der Waals surface area contributed by atoms with Gasteiger partial charge in [0.2, 0.25) is 0 Å². The van der Waals surface area contributed by atoms with Crippen molar-refractivity contribution in [2.45, 2.75) is 76.3 Å². The molecule has 0 atom stereocenters. The number of piperidine rings is 3. The van der Waals surface area contributed by atoms with Crippen molar-refractivity contribution in [1.29, 1.82) is 0 Å². The van der Waals surface area contributed by atoms with Crippen molar-refractivity contribution in [1.82, 2.24) is 25.3 Å². The molecule has 3 rings (SSSR count). The number of hydrogen-bond acceptors (Lipinski definition) is 4. The SMILES string of the molecule is CN=C(NCC(C)(C)N1CCCCC1)NCC1(N2CCCCC2)CCN(C)CC1.I. The van der Waals surface area contributed by atoms with Gasteiger partial charge in [-0.2, -0.15) is 0 Å². The number of likely N-dealkylation sites (tertiary alicyclic amines) is 3. The molecule has 0 aromatic heterocycles. The van der Waals surface area contributed by atoms with E-state index in [0.717, 1.165) is 19.0 Å². The van der Waals surface area contributed by atoms with Gasteiger partial charge in [0.15, 0.2) is 5.96 Å². The Labute approximate surface area is 202 Å². The minimum Gasteiger partial charge on any atom is -0.355 e. The van der Waals surface area contributed by atoms with Gasteiger partial charge in [0.05, 0.1) is 0 Å². The van der Waals surface area contributed by atoms with Crippen LogP contribution in [0.2, 0.25) is 0 Å². The smallest absolute Gasteiger partial charge is 0.191 e. The van der Waals surface area contributed by atoms with Crippen LogP contribution in [0.5, 0.6) is 0 Å². The van der Waals surface area contributed by atoms with E-state index in [4.69, 9.17) is 0 Å². The van der Waals surface area contributed by atoms with Gasteiger partial charge in [-0.1, -0.05) is 12.8 Å². The van der Waals surface area contributed by atoms with Crippen LogP contribution < -0.4 is 10.6 Å². The lowest BCUT2D eigenvalue weighted by molar-refractivity contribution is 0.0172. The summed E-state index contributed by atoms with van der Waals surface area (Å²) in [4.78, 5) is 12.5. The lowest BCUT2D eigenvalue weighted by Crippen LogP contribution is -2.62. The van der Waals surface area contributed by atoms with E-state index < -0.39 is 0 Å². The number of aliphatic imine (C=N–C) groups is 1. The molecule has 3 aliphatic heterocycles. The lowest BCUT2D eigenvalue weighted by atomic mass is 9.84. The summed E-state index contributed by atoms with van der Waals surface area (Å²) >= 11 is 0. The summed E-state index contributed by atoms with van der Waals surface area (Å²) in [7, 11) is 4.17. The number of hydrogen-bond donors (Lipinski definition) is 2. The minimum absolute atomic E-state index is 0. The van der Waals surface area contributed by atoms with Crippen molar-refractivity contribution < 1.29 is 0 Å². The molecule has 3 aliphatic rings. The Hall–Kier alpha value is -0.120. The number of nitrogens with one attached hydrogen (secondary N) is 2. The van der Waals surface area contributed by atoms with Crippen LogP contribution in [0.4, 0.5) is 0 Å². The van der Waals surface area contributed by atoms with Crippen LogP contribution in [0.3, 0.4) is 0 Å².